The topological polar surface area (TPSA) is 89.3 Å². The minimum absolute atomic E-state index is 0.0441. The van der Waals surface area contributed by atoms with Crippen molar-refractivity contribution in [3.8, 4) is 0 Å². The number of rotatable bonds is 6. The highest BCUT2D eigenvalue weighted by atomic mass is 35.5. The zero-order valence-corrected chi connectivity index (χ0v) is 15.3. The van der Waals surface area contributed by atoms with E-state index in [-0.39, 0.29) is 21.8 Å². The van der Waals surface area contributed by atoms with Crippen molar-refractivity contribution in [2.45, 2.75) is 17.1 Å². The molecule has 3 N–H and O–H groups in total. The first-order valence-corrected chi connectivity index (χ1v) is 10.0. The van der Waals surface area contributed by atoms with Crippen molar-refractivity contribution in [1.82, 2.24) is 0 Å². The summed E-state index contributed by atoms with van der Waals surface area (Å²) in [7, 11) is -3.80. The van der Waals surface area contributed by atoms with Crippen molar-refractivity contribution in [2.75, 3.05) is 11.1 Å². The Morgan fingerprint density at radius 3 is 2.62 bits per heavy atom. The fraction of sp³-hybridized carbons (Fsp3) is 0.188. The first kappa shape index (κ1) is 18.8. The number of nitrogens with two attached hydrogens (primary N) is 1. The van der Waals surface area contributed by atoms with Gasteiger partial charge in [-0.3, -0.25) is 4.79 Å². The number of amides is 1. The quantitative estimate of drug-likeness (QED) is 0.798. The molecule has 2 rings (SSSR count). The first-order valence-electron chi connectivity index (χ1n) is 7.06. The molecule has 0 bridgehead atoms. The second-order valence-corrected chi connectivity index (χ2v) is 8.39. The number of halogens is 1. The van der Waals surface area contributed by atoms with Crippen molar-refractivity contribution in [1.29, 1.82) is 0 Å². The lowest BCUT2D eigenvalue weighted by atomic mass is 10.2. The molecule has 2 aromatic rings. The molecule has 0 aliphatic carbocycles. The fourth-order valence-electron chi connectivity index (χ4n) is 2.04. The van der Waals surface area contributed by atoms with Crippen molar-refractivity contribution >= 4 is 45.0 Å². The number of carbonyl (C=O) groups is 1. The molecule has 128 valence electrons. The molecule has 5 nitrogen and oxygen atoms in total. The van der Waals surface area contributed by atoms with E-state index < -0.39 is 10.0 Å². The Bertz CT molecular complexity index is 841. The lowest BCUT2D eigenvalue weighted by Crippen LogP contribution is -2.16. The number of benzene rings is 2. The molecule has 1 unspecified atom stereocenters. The summed E-state index contributed by atoms with van der Waals surface area (Å²) in [5.41, 5.74) is 1.35. The molecule has 1 atom stereocenters. The van der Waals surface area contributed by atoms with Crippen molar-refractivity contribution in [3.05, 3.63) is 59.1 Å². The summed E-state index contributed by atoms with van der Waals surface area (Å²) in [6.45, 7) is 1.97. The predicted octanol–water partition coefficient (Wildman–Crippen LogP) is 3.42. The Morgan fingerprint density at radius 1 is 1.25 bits per heavy atom. The number of sulfonamides is 1. The highest BCUT2D eigenvalue weighted by Crippen LogP contribution is 2.32. The molecular weight excluding hydrogens is 368 g/mol. The molecule has 0 saturated heterocycles. The molecule has 0 heterocycles. The Labute approximate surface area is 150 Å². The lowest BCUT2D eigenvalue weighted by molar-refractivity contribution is -0.113. The molecule has 0 radical (unpaired) electrons. The highest BCUT2D eigenvalue weighted by Gasteiger charge is 2.13. The average Bonchev–Trinajstić information content (AvgIpc) is 2.52. The summed E-state index contributed by atoms with van der Waals surface area (Å²) in [5, 5.41) is 8.46. The maximum atomic E-state index is 12.0. The van der Waals surface area contributed by atoms with Gasteiger partial charge in [0.15, 0.2) is 0 Å². The van der Waals surface area contributed by atoms with Crippen LogP contribution in [0.15, 0.2) is 53.4 Å². The van der Waals surface area contributed by atoms with Crippen LogP contribution in [0, 0.1) is 0 Å². The van der Waals surface area contributed by atoms with Crippen LogP contribution < -0.4 is 10.5 Å². The van der Waals surface area contributed by atoms with Crippen molar-refractivity contribution < 1.29 is 13.2 Å². The molecule has 0 spiro atoms. The van der Waals surface area contributed by atoms with Crippen LogP contribution in [0.2, 0.25) is 5.02 Å². The minimum atomic E-state index is -3.80. The molecule has 0 aromatic heterocycles. The number of anilines is 1. The van der Waals surface area contributed by atoms with E-state index in [9.17, 15) is 13.2 Å². The normalized spacial score (nSPS) is 12.6. The number of primary sulfonamides is 1. The van der Waals surface area contributed by atoms with Crippen LogP contribution in [0.25, 0.3) is 0 Å². The van der Waals surface area contributed by atoms with Crippen LogP contribution in [0.4, 0.5) is 5.69 Å². The van der Waals surface area contributed by atoms with Crippen LogP contribution in [0.3, 0.4) is 0 Å². The van der Waals surface area contributed by atoms with Gasteiger partial charge in [-0.2, -0.15) is 0 Å². The summed E-state index contributed by atoms with van der Waals surface area (Å²) in [4.78, 5) is 12.0. The molecule has 0 fully saturated rings. The third kappa shape index (κ3) is 5.24. The van der Waals surface area contributed by atoms with E-state index in [1.54, 1.807) is 6.07 Å². The highest BCUT2D eigenvalue weighted by molar-refractivity contribution is 8.00. The van der Waals surface area contributed by atoms with Crippen LogP contribution in [-0.4, -0.2) is 20.1 Å². The Hall–Kier alpha value is -1.54. The molecule has 8 heteroatoms. The average molecular weight is 385 g/mol. The van der Waals surface area contributed by atoms with Crippen molar-refractivity contribution in [3.63, 3.8) is 0 Å². The molecule has 24 heavy (non-hydrogen) atoms. The van der Waals surface area contributed by atoms with Gasteiger partial charge in [-0.1, -0.05) is 35.9 Å². The maximum absolute atomic E-state index is 12.0. The number of carbonyl (C=O) groups excluding carboxylic acids is 1. The van der Waals surface area contributed by atoms with Crippen LogP contribution >= 0.6 is 23.4 Å². The van der Waals surface area contributed by atoms with Gasteiger partial charge in [-0.25, -0.2) is 13.6 Å². The molecule has 1 amide bonds. The van der Waals surface area contributed by atoms with Gasteiger partial charge >= 0.3 is 0 Å². The summed E-state index contributed by atoms with van der Waals surface area (Å²) < 4.78 is 22.6. The summed E-state index contributed by atoms with van der Waals surface area (Å²) in [6.07, 6.45) is 0. The van der Waals surface area contributed by atoms with Gasteiger partial charge in [0, 0.05) is 16.0 Å². The molecule has 0 aliphatic heterocycles. The van der Waals surface area contributed by atoms with Gasteiger partial charge in [-0.15, -0.1) is 11.8 Å². The van der Waals surface area contributed by atoms with E-state index >= 15 is 0 Å². The standard InChI is InChI=1S/C16H17ClN2O3S2/c1-11(14-7-2-3-8-15(14)17)23-10-16(20)19-12-5-4-6-13(9-12)24(18,21)22/h2-9,11H,10H2,1H3,(H,19,20)(H2,18,21,22). The van der Waals surface area contributed by atoms with Crippen LogP contribution in [-0.2, 0) is 14.8 Å². The number of nitrogens with one attached hydrogen (secondary N) is 1. The van der Waals surface area contributed by atoms with Gasteiger partial charge in [0.05, 0.1) is 10.6 Å². The minimum Gasteiger partial charge on any atom is -0.325 e. The third-order valence-corrected chi connectivity index (χ3v) is 5.69. The van der Waals surface area contributed by atoms with E-state index in [4.69, 9.17) is 16.7 Å². The van der Waals surface area contributed by atoms with Gasteiger partial charge in [-0.05, 0) is 36.8 Å². The van der Waals surface area contributed by atoms with Gasteiger partial charge in [0.2, 0.25) is 15.9 Å². The van der Waals surface area contributed by atoms with E-state index in [1.807, 2.05) is 31.2 Å². The van der Waals surface area contributed by atoms with Gasteiger partial charge in [0.1, 0.15) is 0 Å². The third-order valence-electron chi connectivity index (χ3n) is 3.25. The second-order valence-electron chi connectivity index (χ2n) is 5.10. The number of thioether (sulfide) groups is 1. The van der Waals surface area contributed by atoms with Crippen molar-refractivity contribution in [2.24, 2.45) is 5.14 Å². The Kier molecular flexibility index (Phi) is 6.28. The maximum Gasteiger partial charge on any atom is 0.238 e. The first-order chi connectivity index (χ1) is 11.3. The largest absolute Gasteiger partial charge is 0.325 e. The van der Waals surface area contributed by atoms with E-state index in [0.29, 0.717) is 10.7 Å². The van der Waals surface area contributed by atoms with Crippen LogP contribution in [0.1, 0.15) is 17.7 Å². The summed E-state index contributed by atoms with van der Waals surface area (Å²) in [6, 6.07) is 13.3. The molecule has 2 aromatic carbocycles. The summed E-state index contributed by atoms with van der Waals surface area (Å²) in [5.74, 6) is -0.0168. The van der Waals surface area contributed by atoms with Crippen LogP contribution in [0.5, 0.6) is 0 Å². The van der Waals surface area contributed by atoms with E-state index in [1.165, 1.54) is 30.0 Å². The fourth-order valence-corrected chi connectivity index (χ4v) is 3.83. The second kappa shape index (κ2) is 8.02. The number of hydrogen-bond acceptors (Lipinski definition) is 4. The van der Waals surface area contributed by atoms with E-state index in [0.717, 1.165) is 5.56 Å². The number of hydrogen-bond donors (Lipinski definition) is 2. The van der Waals surface area contributed by atoms with E-state index in [2.05, 4.69) is 5.32 Å². The van der Waals surface area contributed by atoms with Gasteiger partial charge < -0.3 is 5.32 Å². The lowest BCUT2D eigenvalue weighted by Gasteiger charge is -2.13. The molecular formula is C16H17ClN2O3S2. The zero-order valence-electron chi connectivity index (χ0n) is 12.9. The predicted molar refractivity (Wildman–Crippen MR) is 98.8 cm³/mol. The Morgan fingerprint density at radius 2 is 1.96 bits per heavy atom. The SMILES string of the molecule is CC(SCC(=O)Nc1cccc(S(N)(=O)=O)c1)c1ccccc1Cl. The Balaban J connectivity index is 1.96. The monoisotopic (exact) mass is 384 g/mol. The molecule has 0 aliphatic rings. The summed E-state index contributed by atoms with van der Waals surface area (Å²) >= 11 is 7.58. The zero-order chi connectivity index (χ0) is 17.7. The smallest absolute Gasteiger partial charge is 0.238 e. The molecule has 0 saturated carbocycles. The van der Waals surface area contributed by atoms with Gasteiger partial charge in [0.25, 0.3) is 0 Å².